The molecule has 4 aromatic rings. The predicted octanol–water partition coefficient (Wildman–Crippen LogP) is 4.10. The fourth-order valence-electron chi connectivity index (χ4n) is 3.68. The van der Waals surface area contributed by atoms with Crippen LogP contribution in [0, 0.1) is 12.7 Å². The zero-order valence-electron chi connectivity index (χ0n) is 17.0. The first kappa shape index (κ1) is 19.8. The summed E-state index contributed by atoms with van der Waals surface area (Å²) in [7, 11) is 3.10. The van der Waals surface area contributed by atoms with Gasteiger partial charge in [-0.3, -0.25) is 0 Å². The van der Waals surface area contributed by atoms with Crippen LogP contribution in [-0.4, -0.2) is 33.9 Å². The summed E-state index contributed by atoms with van der Waals surface area (Å²) in [6.07, 6.45) is 3.30. The second-order valence-corrected chi connectivity index (χ2v) is 7.00. The van der Waals surface area contributed by atoms with Crippen LogP contribution in [0.2, 0.25) is 0 Å². The second kappa shape index (κ2) is 8.12. The molecular weight excluding hydrogens is 385 g/mol. The van der Waals surface area contributed by atoms with E-state index >= 15 is 0 Å². The number of aromatic nitrogens is 3. The fourth-order valence-corrected chi connectivity index (χ4v) is 3.68. The van der Waals surface area contributed by atoms with Crippen LogP contribution in [0.15, 0.2) is 48.8 Å². The van der Waals surface area contributed by atoms with Crippen LogP contribution in [0.3, 0.4) is 0 Å². The van der Waals surface area contributed by atoms with Gasteiger partial charge in [0.25, 0.3) is 0 Å². The molecule has 0 amide bonds. The molecule has 0 atom stereocenters. The maximum absolute atomic E-state index is 14.6. The lowest BCUT2D eigenvalue weighted by molar-refractivity contribution is 0.272. The first-order chi connectivity index (χ1) is 14.5. The van der Waals surface area contributed by atoms with E-state index in [1.165, 1.54) is 13.2 Å². The van der Waals surface area contributed by atoms with Crippen LogP contribution in [0.5, 0.6) is 11.8 Å². The molecule has 4 rings (SSSR count). The van der Waals surface area contributed by atoms with Crippen LogP contribution in [0.25, 0.3) is 22.0 Å². The number of hydrogen-bond donors (Lipinski definition) is 1. The van der Waals surface area contributed by atoms with Gasteiger partial charge in [0.2, 0.25) is 0 Å². The topological polar surface area (TPSA) is 69.4 Å². The molecule has 0 aliphatic heterocycles. The van der Waals surface area contributed by atoms with Gasteiger partial charge in [-0.15, -0.1) is 0 Å². The Bertz CT molecular complexity index is 1200. The summed E-state index contributed by atoms with van der Waals surface area (Å²) in [5.41, 5.74) is 4.40. The highest BCUT2D eigenvalue weighted by Gasteiger charge is 2.20. The Labute approximate surface area is 173 Å². The maximum atomic E-state index is 14.6. The zero-order chi connectivity index (χ0) is 21.3. The molecule has 6 nitrogen and oxygen atoms in total. The van der Waals surface area contributed by atoms with E-state index in [0.717, 1.165) is 27.6 Å². The summed E-state index contributed by atoms with van der Waals surface area (Å²) in [6, 6.07) is 11.1. The minimum atomic E-state index is -0.274. The number of aryl methyl sites for hydroxylation is 1. The molecule has 0 radical (unpaired) electrons. The van der Waals surface area contributed by atoms with Gasteiger partial charge in [-0.25, -0.2) is 14.4 Å². The van der Waals surface area contributed by atoms with E-state index in [9.17, 15) is 9.50 Å². The van der Waals surface area contributed by atoms with Crippen molar-refractivity contribution >= 4 is 10.9 Å². The summed E-state index contributed by atoms with van der Waals surface area (Å²) in [5.74, 6) is 0.407. The molecule has 0 spiro atoms. The van der Waals surface area contributed by atoms with Gasteiger partial charge in [-0.1, -0.05) is 12.1 Å². The molecule has 0 fully saturated rings. The van der Waals surface area contributed by atoms with Crippen LogP contribution in [0.1, 0.15) is 16.8 Å². The first-order valence-electron chi connectivity index (χ1n) is 9.47. The van der Waals surface area contributed by atoms with E-state index in [4.69, 9.17) is 9.47 Å². The number of rotatable bonds is 6. The van der Waals surface area contributed by atoms with E-state index in [1.807, 2.05) is 35.8 Å². The van der Waals surface area contributed by atoms with Gasteiger partial charge in [-0.2, -0.15) is 0 Å². The minimum absolute atomic E-state index is 0.230. The van der Waals surface area contributed by atoms with Crippen molar-refractivity contribution in [2.45, 2.75) is 20.1 Å². The Hall–Kier alpha value is -3.45. The van der Waals surface area contributed by atoms with Crippen molar-refractivity contribution in [3.05, 3.63) is 71.4 Å². The van der Waals surface area contributed by atoms with Crippen LogP contribution < -0.4 is 9.47 Å². The Kier molecular flexibility index (Phi) is 5.37. The Morgan fingerprint density at radius 2 is 1.80 bits per heavy atom. The minimum Gasteiger partial charge on any atom is -0.497 e. The Balaban J connectivity index is 1.95. The third kappa shape index (κ3) is 3.48. The summed E-state index contributed by atoms with van der Waals surface area (Å²) >= 11 is 0. The molecule has 0 saturated heterocycles. The standard InChI is InChI=1S/C23H22FN3O3/c1-14-4-5-15(19(24)8-14)12-27-20-7-6-17(29-2)9-18(20)22(21(27)13-28)16-10-25-23(30-3)26-11-16/h4-11,28H,12-13H2,1-3H3. The average molecular weight is 407 g/mol. The summed E-state index contributed by atoms with van der Waals surface area (Å²) in [5, 5.41) is 11.1. The molecule has 0 aliphatic rings. The lowest BCUT2D eigenvalue weighted by Crippen LogP contribution is -2.07. The molecule has 0 unspecified atom stereocenters. The molecule has 0 bridgehead atoms. The van der Waals surface area contributed by atoms with Gasteiger partial charge in [-0.05, 0) is 36.8 Å². The van der Waals surface area contributed by atoms with Gasteiger partial charge < -0.3 is 19.1 Å². The molecule has 1 N–H and O–H groups in total. The number of halogens is 1. The van der Waals surface area contributed by atoms with E-state index < -0.39 is 0 Å². The number of hydrogen-bond acceptors (Lipinski definition) is 5. The normalized spacial score (nSPS) is 11.1. The number of methoxy groups -OCH3 is 2. The van der Waals surface area contributed by atoms with Crippen LogP contribution >= 0.6 is 0 Å². The largest absolute Gasteiger partial charge is 0.497 e. The van der Waals surface area contributed by atoms with Gasteiger partial charge >= 0.3 is 6.01 Å². The summed E-state index contributed by atoms with van der Waals surface area (Å²) in [6.45, 7) is 1.90. The zero-order valence-corrected chi connectivity index (χ0v) is 17.0. The number of aliphatic hydroxyl groups is 1. The molecule has 30 heavy (non-hydrogen) atoms. The third-order valence-electron chi connectivity index (χ3n) is 5.16. The third-order valence-corrected chi connectivity index (χ3v) is 5.16. The molecule has 7 heteroatoms. The molecule has 154 valence electrons. The molecule has 0 saturated carbocycles. The summed E-state index contributed by atoms with van der Waals surface area (Å²) < 4.78 is 26.9. The van der Waals surface area contributed by atoms with Crippen molar-refractivity contribution < 1.29 is 19.0 Å². The number of ether oxygens (including phenoxy) is 2. The van der Waals surface area contributed by atoms with Crippen molar-refractivity contribution in [2.24, 2.45) is 0 Å². The number of benzene rings is 2. The van der Waals surface area contributed by atoms with Gasteiger partial charge in [0, 0.05) is 40.0 Å². The Morgan fingerprint density at radius 3 is 2.43 bits per heavy atom. The number of fused-ring (bicyclic) bond motifs is 1. The quantitative estimate of drug-likeness (QED) is 0.521. The van der Waals surface area contributed by atoms with E-state index in [0.29, 0.717) is 17.0 Å². The average Bonchev–Trinajstić information content (AvgIpc) is 3.08. The van der Waals surface area contributed by atoms with E-state index in [-0.39, 0.29) is 25.0 Å². The van der Waals surface area contributed by atoms with Crippen molar-refractivity contribution in [3.8, 4) is 22.9 Å². The van der Waals surface area contributed by atoms with Crippen molar-refractivity contribution in [1.29, 1.82) is 0 Å². The number of nitrogens with zero attached hydrogens (tertiary/aromatic N) is 3. The van der Waals surface area contributed by atoms with Gasteiger partial charge in [0.05, 0.1) is 33.1 Å². The van der Waals surface area contributed by atoms with Crippen molar-refractivity contribution in [2.75, 3.05) is 14.2 Å². The van der Waals surface area contributed by atoms with Gasteiger partial charge in [0.15, 0.2) is 0 Å². The Morgan fingerprint density at radius 1 is 1.03 bits per heavy atom. The monoisotopic (exact) mass is 407 g/mol. The maximum Gasteiger partial charge on any atom is 0.316 e. The smallest absolute Gasteiger partial charge is 0.316 e. The molecule has 2 aromatic heterocycles. The molecule has 0 aliphatic carbocycles. The lowest BCUT2D eigenvalue weighted by atomic mass is 10.0. The predicted molar refractivity (Wildman–Crippen MR) is 112 cm³/mol. The van der Waals surface area contributed by atoms with E-state index in [2.05, 4.69) is 9.97 Å². The molecule has 2 aromatic carbocycles. The number of aliphatic hydroxyl groups excluding tert-OH is 1. The molecule has 2 heterocycles. The highest BCUT2D eigenvalue weighted by Crippen LogP contribution is 2.37. The lowest BCUT2D eigenvalue weighted by Gasteiger charge is -2.12. The van der Waals surface area contributed by atoms with Crippen LogP contribution in [-0.2, 0) is 13.2 Å². The van der Waals surface area contributed by atoms with Crippen LogP contribution in [0.4, 0.5) is 4.39 Å². The van der Waals surface area contributed by atoms with Crippen molar-refractivity contribution in [3.63, 3.8) is 0 Å². The second-order valence-electron chi connectivity index (χ2n) is 7.00. The van der Waals surface area contributed by atoms with E-state index in [1.54, 1.807) is 25.6 Å². The highest BCUT2D eigenvalue weighted by atomic mass is 19.1. The van der Waals surface area contributed by atoms with Crippen molar-refractivity contribution in [1.82, 2.24) is 14.5 Å². The van der Waals surface area contributed by atoms with Gasteiger partial charge in [0.1, 0.15) is 11.6 Å². The molecular formula is C23H22FN3O3. The first-order valence-corrected chi connectivity index (χ1v) is 9.47. The fraction of sp³-hybridized carbons (Fsp3) is 0.217. The summed E-state index contributed by atoms with van der Waals surface area (Å²) in [4.78, 5) is 8.40. The highest BCUT2D eigenvalue weighted by molar-refractivity contribution is 5.98. The SMILES string of the molecule is COc1ccc2c(c1)c(-c1cnc(OC)nc1)c(CO)n2Cc1ccc(C)cc1F.